The third kappa shape index (κ3) is 4.20. The van der Waals surface area contributed by atoms with Crippen molar-refractivity contribution in [1.82, 2.24) is 19.7 Å². The molecule has 0 spiro atoms. The molecule has 0 aliphatic carbocycles. The van der Waals surface area contributed by atoms with Crippen LogP contribution < -0.4 is 5.32 Å². The van der Waals surface area contributed by atoms with Crippen LogP contribution in [0, 0.1) is 4.77 Å². The highest BCUT2D eigenvalue weighted by atomic mass is 35.5. The standard InChI is InChI=1S/C19H23ClN4O5S/c1-3-8-23-17(11-6-4-5-7-12(11)20)22-24(19(23)30)18-14(21-10(2)26)16(28)15(27)13(9-25)29-18/h3-7,13-16,18,25,27-28H,1,8-9H2,2H3,(H,21,26)/t13-,14+,15-,16-,18-/m1/s1. The number of hydrogen-bond acceptors (Lipinski definition) is 7. The van der Waals surface area contributed by atoms with Gasteiger partial charge in [0.25, 0.3) is 0 Å². The van der Waals surface area contributed by atoms with Gasteiger partial charge in [-0.3, -0.25) is 9.36 Å². The molecule has 2 heterocycles. The average Bonchev–Trinajstić information content (AvgIpc) is 3.02. The number of carbonyl (C=O) groups is 1. The molecule has 1 aliphatic rings. The SMILES string of the molecule is C=CCn1c(-c2ccccc2Cl)nn([C@@H]2O[C@H](CO)[C@@H](O)[C@H](O)[C@@H]2NC(C)=O)c1=S. The van der Waals surface area contributed by atoms with Crippen molar-refractivity contribution in [3.05, 3.63) is 46.7 Å². The molecule has 1 aliphatic heterocycles. The Morgan fingerprint density at radius 1 is 1.40 bits per heavy atom. The Morgan fingerprint density at radius 3 is 2.70 bits per heavy atom. The van der Waals surface area contributed by atoms with Crippen LogP contribution in [0.1, 0.15) is 13.2 Å². The van der Waals surface area contributed by atoms with Gasteiger partial charge in [0.05, 0.1) is 11.6 Å². The second-order valence-corrected chi connectivity index (χ2v) is 7.66. The highest BCUT2D eigenvalue weighted by Crippen LogP contribution is 2.32. The van der Waals surface area contributed by atoms with Crippen LogP contribution in [0.2, 0.25) is 5.02 Å². The van der Waals surface area contributed by atoms with E-state index >= 15 is 0 Å². The number of nitrogens with one attached hydrogen (secondary N) is 1. The minimum atomic E-state index is -1.42. The molecular weight excluding hydrogens is 432 g/mol. The quantitative estimate of drug-likeness (QED) is 0.380. The summed E-state index contributed by atoms with van der Waals surface area (Å²) in [6.45, 7) is 4.81. The number of ether oxygens (including phenoxy) is 1. The van der Waals surface area contributed by atoms with Gasteiger partial charge in [0.1, 0.15) is 24.4 Å². The molecule has 11 heteroatoms. The zero-order chi connectivity index (χ0) is 22.0. The molecule has 2 aromatic rings. The summed E-state index contributed by atoms with van der Waals surface area (Å²) < 4.78 is 9.04. The second-order valence-electron chi connectivity index (χ2n) is 6.89. The first-order chi connectivity index (χ1) is 14.3. The molecule has 1 fully saturated rings. The lowest BCUT2D eigenvalue weighted by atomic mass is 9.96. The molecule has 5 atom stereocenters. The summed E-state index contributed by atoms with van der Waals surface area (Å²) in [7, 11) is 0. The fourth-order valence-electron chi connectivity index (χ4n) is 3.41. The van der Waals surface area contributed by atoms with Crippen LogP contribution in [-0.2, 0) is 16.1 Å². The molecule has 30 heavy (non-hydrogen) atoms. The summed E-state index contributed by atoms with van der Waals surface area (Å²) in [6, 6.07) is 6.04. The lowest BCUT2D eigenvalue weighted by Crippen LogP contribution is -2.62. The molecule has 0 bridgehead atoms. The summed E-state index contributed by atoms with van der Waals surface area (Å²) in [6.07, 6.45) is -3.35. The van der Waals surface area contributed by atoms with Gasteiger partial charge in [-0.2, -0.15) is 0 Å². The molecule has 1 amide bonds. The van der Waals surface area contributed by atoms with E-state index in [4.69, 9.17) is 28.6 Å². The third-order valence-electron chi connectivity index (χ3n) is 4.82. The van der Waals surface area contributed by atoms with E-state index in [0.717, 1.165) is 0 Å². The van der Waals surface area contributed by atoms with E-state index in [9.17, 15) is 20.1 Å². The minimum absolute atomic E-state index is 0.227. The maximum absolute atomic E-state index is 11.7. The predicted molar refractivity (Wildman–Crippen MR) is 112 cm³/mol. The maximum atomic E-state index is 11.7. The Kier molecular flexibility index (Phi) is 7.06. The number of amides is 1. The second kappa shape index (κ2) is 9.38. The van der Waals surface area contributed by atoms with Gasteiger partial charge in [0, 0.05) is 19.0 Å². The molecular formula is C19H23ClN4O5S. The van der Waals surface area contributed by atoms with Gasteiger partial charge in [-0.1, -0.05) is 29.8 Å². The van der Waals surface area contributed by atoms with Gasteiger partial charge < -0.3 is 25.4 Å². The van der Waals surface area contributed by atoms with Gasteiger partial charge in [0.15, 0.2) is 12.1 Å². The Bertz CT molecular complexity index is 994. The van der Waals surface area contributed by atoms with Crippen LogP contribution in [0.3, 0.4) is 0 Å². The lowest BCUT2D eigenvalue weighted by Gasteiger charge is -2.42. The van der Waals surface area contributed by atoms with Gasteiger partial charge >= 0.3 is 0 Å². The Labute approximate surface area is 183 Å². The Balaban J connectivity index is 2.15. The van der Waals surface area contributed by atoms with Crippen LogP contribution >= 0.6 is 23.8 Å². The number of halogens is 1. The third-order valence-corrected chi connectivity index (χ3v) is 5.56. The zero-order valence-electron chi connectivity index (χ0n) is 16.2. The Hall–Kier alpha value is -2.08. The van der Waals surface area contributed by atoms with Crippen molar-refractivity contribution >= 4 is 29.7 Å². The smallest absolute Gasteiger partial charge is 0.217 e. The van der Waals surface area contributed by atoms with E-state index < -0.39 is 43.1 Å². The van der Waals surface area contributed by atoms with Crippen molar-refractivity contribution in [2.45, 2.75) is 44.1 Å². The van der Waals surface area contributed by atoms with Crippen LogP contribution in [0.5, 0.6) is 0 Å². The van der Waals surface area contributed by atoms with Crippen molar-refractivity contribution in [2.75, 3.05) is 6.61 Å². The summed E-state index contributed by atoms with van der Waals surface area (Å²) in [5.74, 6) is 0.00232. The summed E-state index contributed by atoms with van der Waals surface area (Å²) >= 11 is 11.9. The molecule has 1 saturated heterocycles. The fraction of sp³-hybridized carbons (Fsp3) is 0.421. The molecule has 1 aromatic carbocycles. The number of allylic oxidation sites excluding steroid dienone is 1. The molecule has 162 valence electrons. The van der Waals surface area contributed by atoms with Gasteiger partial charge in [-0.25, -0.2) is 4.68 Å². The van der Waals surface area contributed by atoms with Crippen LogP contribution in [0.15, 0.2) is 36.9 Å². The number of aliphatic hydroxyl groups excluding tert-OH is 3. The molecule has 0 unspecified atom stereocenters. The number of aromatic nitrogens is 3. The lowest BCUT2D eigenvalue weighted by molar-refractivity contribution is -0.219. The van der Waals surface area contributed by atoms with Crippen molar-refractivity contribution < 1.29 is 24.9 Å². The molecule has 0 radical (unpaired) electrons. The first-order valence-electron chi connectivity index (χ1n) is 9.24. The largest absolute Gasteiger partial charge is 0.394 e. The summed E-state index contributed by atoms with van der Waals surface area (Å²) in [4.78, 5) is 11.7. The molecule has 4 N–H and O–H groups in total. The first-order valence-corrected chi connectivity index (χ1v) is 10.0. The number of carbonyl (C=O) groups excluding carboxylic acids is 1. The molecule has 0 saturated carbocycles. The Morgan fingerprint density at radius 2 is 2.10 bits per heavy atom. The van der Waals surface area contributed by atoms with Crippen LogP contribution in [0.25, 0.3) is 11.4 Å². The number of aliphatic hydroxyl groups is 3. The molecule has 1 aromatic heterocycles. The number of nitrogens with zero attached hydrogens (tertiary/aromatic N) is 3. The van der Waals surface area contributed by atoms with Crippen molar-refractivity contribution in [3.63, 3.8) is 0 Å². The van der Waals surface area contributed by atoms with Crippen molar-refractivity contribution in [1.29, 1.82) is 0 Å². The fourth-order valence-corrected chi connectivity index (χ4v) is 3.94. The van der Waals surface area contributed by atoms with Crippen LogP contribution in [0.4, 0.5) is 0 Å². The van der Waals surface area contributed by atoms with E-state index in [2.05, 4.69) is 17.0 Å². The van der Waals surface area contributed by atoms with E-state index in [1.807, 2.05) is 0 Å². The maximum Gasteiger partial charge on any atom is 0.217 e. The van der Waals surface area contributed by atoms with E-state index in [1.165, 1.54) is 11.6 Å². The number of rotatable bonds is 6. The number of hydrogen-bond donors (Lipinski definition) is 4. The summed E-state index contributed by atoms with van der Waals surface area (Å²) in [5.41, 5.74) is 0.622. The predicted octanol–water partition coefficient (Wildman–Crippen LogP) is 1.04. The van der Waals surface area contributed by atoms with E-state index in [0.29, 0.717) is 23.0 Å². The van der Waals surface area contributed by atoms with Crippen molar-refractivity contribution in [2.24, 2.45) is 0 Å². The van der Waals surface area contributed by atoms with Gasteiger partial charge in [-0.05, 0) is 24.4 Å². The minimum Gasteiger partial charge on any atom is -0.394 e. The number of benzene rings is 1. The molecule has 3 rings (SSSR count). The van der Waals surface area contributed by atoms with E-state index in [-0.39, 0.29) is 4.77 Å². The first kappa shape index (κ1) is 22.6. The zero-order valence-corrected chi connectivity index (χ0v) is 17.8. The summed E-state index contributed by atoms with van der Waals surface area (Å²) in [5, 5.41) is 38.0. The average molecular weight is 455 g/mol. The van der Waals surface area contributed by atoms with Gasteiger partial charge in [0.2, 0.25) is 10.7 Å². The highest BCUT2D eigenvalue weighted by molar-refractivity contribution is 7.71. The van der Waals surface area contributed by atoms with Crippen LogP contribution in [-0.4, -0.2) is 66.5 Å². The van der Waals surface area contributed by atoms with Gasteiger partial charge in [-0.15, -0.1) is 11.7 Å². The van der Waals surface area contributed by atoms with E-state index in [1.54, 1.807) is 34.9 Å². The normalized spacial score (nSPS) is 26.4. The monoisotopic (exact) mass is 454 g/mol. The molecule has 9 nitrogen and oxygen atoms in total. The highest BCUT2D eigenvalue weighted by Gasteiger charge is 2.46. The topological polar surface area (TPSA) is 122 Å². The van der Waals surface area contributed by atoms with Crippen molar-refractivity contribution in [3.8, 4) is 11.4 Å².